The minimum Gasteiger partial charge on any atom is -0.545 e. The molecule has 0 aliphatic rings. The number of carbonyl (C=O) groups is 2. The van der Waals surface area contributed by atoms with E-state index in [1.807, 2.05) is 0 Å². The summed E-state index contributed by atoms with van der Waals surface area (Å²) in [4.78, 5) is 20.5. The first-order valence-electron chi connectivity index (χ1n) is 5.55. The van der Waals surface area contributed by atoms with Gasteiger partial charge in [0.05, 0.1) is 11.9 Å². The normalized spacial score (nSPS) is 8.76. The number of aromatic carboxylic acids is 2. The number of nitrogens with two attached hydrogens (primary N) is 2. The zero-order valence-corrected chi connectivity index (χ0v) is 12.3. The van der Waals surface area contributed by atoms with E-state index in [0.29, 0.717) is 0 Å². The number of para-hydroxylation sites is 2. The van der Waals surface area contributed by atoms with Gasteiger partial charge in [0.25, 0.3) is 0 Å². The van der Waals surface area contributed by atoms with Crippen LogP contribution < -0.4 is 21.7 Å². The third-order valence-electron chi connectivity index (χ3n) is 2.36. The molecule has 0 unspecified atom stereocenters. The Kier molecular flexibility index (Phi) is 7.76. The van der Waals surface area contributed by atoms with Crippen molar-refractivity contribution in [1.29, 1.82) is 0 Å². The summed E-state index contributed by atoms with van der Waals surface area (Å²) in [6.07, 6.45) is 0. The fourth-order valence-corrected chi connectivity index (χ4v) is 1.37. The summed E-state index contributed by atoms with van der Waals surface area (Å²) in [5.41, 5.74) is 11.2. The van der Waals surface area contributed by atoms with Gasteiger partial charge in [-0.3, -0.25) is 0 Å². The molecule has 0 atom stereocenters. The van der Waals surface area contributed by atoms with Crippen LogP contribution in [0, 0.1) is 0 Å². The first-order chi connectivity index (χ1) is 9.43. The van der Waals surface area contributed by atoms with Crippen molar-refractivity contribution in [1.82, 2.24) is 0 Å². The molecule has 0 amide bonds. The van der Waals surface area contributed by atoms with Gasteiger partial charge in [-0.05, 0) is 12.1 Å². The maximum atomic E-state index is 10.2. The number of hydrogen-bond donors (Lipinski definition) is 2. The Balaban J connectivity index is 0.000000364. The van der Waals surface area contributed by atoms with Gasteiger partial charge in [0, 0.05) is 22.5 Å². The van der Waals surface area contributed by atoms with E-state index in [2.05, 4.69) is 0 Å². The Morgan fingerprint density at radius 1 is 0.714 bits per heavy atom. The Labute approximate surface area is 135 Å². The third-order valence-corrected chi connectivity index (χ3v) is 2.36. The molecule has 6 nitrogen and oxygen atoms in total. The van der Waals surface area contributed by atoms with Gasteiger partial charge in [-0.15, -0.1) is 0 Å². The number of nitrogen functional groups attached to an aromatic ring is 2. The van der Waals surface area contributed by atoms with E-state index in [1.165, 1.54) is 24.3 Å². The zero-order valence-electron chi connectivity index (χ0n) is 10.7. The maximum Gasteiger partial charge on any atom is 2.00 e. The first kappa shape index (κ1) is 18.6. The van der Waals surface area contributed by atoms with Crippen molar-refractivity contribution in [2.45, 2.75) is 0 Å². The number of carbonyl (C=O) groups excluding carboxylic acids is 2. The standard InChI is InChI=1S/2C7H7NO2.Pd/c2*8-6-4-2-1-3-5(6)7(9)10;/h2*1-4H,8H2,(H,9,10);/q;;+2/p-2. The van der Waals surface area contributed by atoms with Gasteiger partial charge in [0.15, 0.2) is 0 Å². The number of carboxylic acids is 2. The Morgan fingerprint density at radius 2 is 1.00 bits per heavy atom. The molecule has 0 heterocycles. The van der Waals surface area contributed by atoms with E-state index >= 15 is 0 Å². The summed E-state index contributed by atoms with van der Waals surface area (Å²) in [6, 6.07) is 12.4. The summed E-state index contributed by atoms with van der Waals surface area (Å²) < 4.78 is 0. The van der Waals surface area contributed by atoms with Gasteiger partial charge in [0.1, 0.15) is 0 Å². The predicted octanol–water partition coefficient (Wildman–Crippen LogP) is -0.738. The van der Waals surface area contributed by atoms with E-state index in [4.69, 9.17) is 11.5 Å². The SMILES string of the molecule is Nc1ccccc1C(=O)[O-].Nc1ccccc1C(=O)[O-].[Pd+2]. The first-order valence-corrected chi connectivity index (χ1v) is 5.55. The van der Waals surface area contributed by atoms with Gasteiger partial charge < -0.3 is 31.3 Å². The van der Waals surface area contributed by atoms with E-state index in [1.54, 1.807) is 24.3 Å². The average Bonchev–Trinajstić information content (AvgIpc) is 2.40. The van der Waals surface area contributed by atoms with Gasteiger partial charge in [0.2, 0.25) is 0 Å². The van der Waals surface area contributed by atoms with Crippen LogP contribution >= 0.6 is 0 Å². The monoisotopic (exact) mass is 378 g/mol. The van der Waals surface area contributed by atoms with Gasteiger partial charge >= 0.3 is 20.4 Å². The molecule has 21 heavy (non-hydrogen) atoms. The molecule has 0 aliphatic heterocycles. The Hall–Kier alpha value is -2.36. The molecule has 7 heteroatoms. The summed E-state index contributed by atoms with van der Waals surface area (Å²) in [7, 11) is 0. The fraction of sp³-hybridized carbons (Fsp3) is 0. The molecule has 0 bridgehead atoms. The van der Waals surface area contributed by atoms with Crippen molar-refractivity contribution in [3.8, 4) is 0 Å². The van der Waals surface area contributed by atoms with Crippen LogP contribution in [0.25, 0.3) is 0 Å². The van der Waals surface area contributed by atoms with Crippen LogP contribution in [0.1, 0.15) is 20.7 Å². The number of carboxylic acid groups (broad SMARTS) is 2. The number of benzene rings is 2. The zero-order chi connectivity index (χ0) is 15.1. The minimum absolute atomic E-state index is 0. The van der Waals surface area contributed by atoms with E-state index in [-0.39, 0.29) is 42.9 Å². The second-order valence-corrected chi connectivity index (χ2v) is 3.75. The molecule has 0 aliphatic carbocycles. The van der Waals surface area contributed by atoms with Gasteiger partial charge in [-0.25, -0.2) is 0 Å². The summed E-state index contributed by atoms with van der Waals surface area (Å²) in [5, 5.41) is 20.5. The molecule has 4 N–H and O–H groups in total. The molecule has 0 fully saturated rings. The summed E-state index contributed by atoms with van der Waals surface area (Å²) in [5.74, 6) is -2.48. The number of hydrogen-bond acceptors (Lipinski definition) is 6. The molecule has 0 saturated carbocycles. The third kappa shape index (κ3) is 5.65. The fourth-order valence-electron chi connectivity index (χ4n) is 1.37. The molecular weight excluding hydrogens is 367 g/mol. The van der Waals surface area contributed by atoms with Crippen molar-refractivity contribution >= 4 is 23.3 Å². The van der Waals surface area contributed by atoms with Crippen LogP contribution in [0.2, 0.25) is 0 Å². The topological polar surface area (TPSA) is 132 Å². The Bertz CT molecular complexity index is 576. The second kappa shape index (κ2) is 8.74. The summed E-state index contributed by atoms with van der Waals surface area (Å²) in [6.45, 7) is 0. The number of rotatable bonds is 2. The van der Waals surface area contributed by atoms with Crippen LogP contribution in [0.15, 0.2) is 48.5 Å². The van der Waals surface area contributed by atoms with Crippen molar-refractivity contribution in [2.24, 2.45) is 0 Å². The molecule has 112 valence electrons. The summed E-state index contributed by atoms with van der Waals surface area (Å²) >= 11 is 0. The Morgan fingerprint density at radius 3 is 1.19 bits per heavy atom. The van der Waals surface area contributed by atoms with Crippen LogP contribution in [0.3, 0.4) is 0 Å². The average molecular weight is 379 g/mol. The maximum absolute atomic E-state index is 10.2. The second-order valence-electron chi connectivity index (χ2n) is 3.75. The molecule has 0 saturated heterocycles. The van der Waals surface area contributed by atoms with Crippen LogP contribution in [-0.2, 0) is 20.4 Å². The van der Waals surface area contributed by atoms with E-state index in [0.717, 1.165) is 0 Å². The predicted molar refractivity (Wildman–Crippen MR) is 70.4 cm³/mol. The van der Waals surface area contributed by atoms with Crippen LogP contribution in [0.4, 0.5) is 11.4 Å². The van der Waals surface area contributed by atoms with Gasteiger partial charge in [-0.2, -0.15) is 0 Å². The van der Waals surface area contributed by atoms with Gasteiger partial charge in [-0.1, -0.05) is 36.4 Å². The molecule has 2 rings (SSSR count). The molecule has 0 aromatic heterocycles. The van der Waals surface area contributed by atoms with E-state index < -0.39 is 11.9 Å². The van der Waals surface area contributed by atoms with E-state index in [9.17, 15) is 19.8 Å². The molecule has 2 aromatic rings. The molecule has 2 aromatic carbocycles. The molecular formula is C14H12N2O4Pd. The van der Waals surface area contributed by atoms with Crippen LogP contribution in [0.5, 0.6) is 0 Å². The van der Waals surface area contributed by atoms with Crippen molar-refractivity contribution in [3.05, 3.63) is 59.7 Å². The quantitative estimate of drug-likeness (QED) is 0.522. The van der Waals surface area contributed by atoms with Crippen molar-refractivity contribution < 1.29 is 40.2 Å². The molecule has 0 spiro atoms. The molecule has 0 radical (unpaired) electrons. The number of anilines is 2. The van der Waals surface area contributed by atoms with Crippen LogP contribution in [-0.4, -0.2) is 11.9 Å². The smallest absolute Gasteiger partial charge is 0.545 e. The van der Waals surface area contributed by atoms with Crippen molar-refractivity contribution in [3.63, 3.8) is 0 Å². The van der Waals surface area contributed by atoms with Crippen molar-refractivity contribution in [2.75, 3.05) is 11.5 Å². The minimum atomic E-state index is -1.24. The largest absolute Gasteiger partial charge is 2.00 e.